The summed E-state index contributed by atoms with van der Waals surface area (Å²) in [6, 6.07) is -0.854. The monoisotopic (exact) mass is 1210 g/mol. The summed E-state index contributed by atoms with van der Waals surface area (Å²) in [5.74, 6) is -0.502. The minimum absolute atomic E-state index is 0.0381. The molecule has 0 heterocycles. The van der Waals surface area contributed by atoms with Crippen LogP contribution in [0.3, 0.4) is 0 Å². The molecule has 0 saturated heterocycles. The number of unbranched alkanes of at least 4 members (excludes halogenated alkanes) is 40. The highest BCUT2D eigenvalue weighted by Crippen LogP contribution is 2.43. The van der Waals surface area contributed by atoms with Gasteiger partial charge < -0.3 is 19.4 Å². The SMILES string of the molecule is CCCCC/C=C\C/C=C\C/C=C\C/C=C\CCCCCCCCCCCC(=O)OC(/C=C/CCCCCCCCCCCCC)C(COP(=O)(O)OCC[N+](C)(C)C)NC(=O)CCCCCCCCCCCCC/C=C/CCCCCCCC. The van der Waals surface area contributed by atoms with Crippen molar-refractivity contribution in [3.05, 3.63) is 72.9 Å². The second kappa shape index (κ2) is 64.4. The van der Waals surface area contributed by atoms with E-state index in [2.05, 4.69) is 86.8 Å². The molecular formula is C75H140N2O7P+. The van der Waals surface area contributed by atoms with Crippen LogP contribution in [0.5, 0.6) is 0 Å². The van der Waals surface area contributed by atoms with Gasteiger partial charge in [-0.3, -0.25) is 18.6 Å². The van der Waals surface area contributed by atoms with E-state index in [0.717, 1.165) is 89.9 Å². The number of quaternary nitrogens is 1. The van der Waals surface area contributed by atoms with Gasteiger partial charge in [-0.25, -0.2) is 4.57 Å². The molecule has 0 spiro atoms. The molecule has 496 valence electrons. The largest absolute Gasteiger partial charge is 0.472 e. The number of amides is 1. The van der Waals surface area contributed by atoms with E-state index in [-0.39, 0.29) is 31.5 Å². The van der Waals surface area contributed by atoms with Gasteiger partial charge in [-0.05, 0) is 102 Å². The number of phosphoric acid groups is 1. The number of ether oxygens (including phenoxy) is 1. The summed E-state index contributed by atoms with van der Waals surface area (Å²) in [7, 11) is 1.50. The minimum Gasteiger partial charge on any atom is -0.456 e. The highest BCUT2D eigenvalue weighted by Gasteiger charge is 2.30. The molecule has 1 amide bonds. The Hall–Kier alpha value is -2.55. The Morgan fingerprint density at radius 2 is 0.718 bits per heavy atom. The molecule has 0 radical (unpaired) electrons. The van der Waals surface area contributed by atoms with Crippen molar-refractivity contribution < 1.29 is 37.3 Å². The zero-order valence-corrected chi connectivity index (χ0v) is 57.7. The van der Waals surface area contributed by atoms with E-state index in [1.165, 1.54) is 218 Å². The quantitative estimate of drug-likeness (QED) is 0.0205. The van der Waals surface area contributed by atoms with Gasteiger partial charge in [0.25, 0.3) is 0 Å². The number of allylic oxidation sites excluding steroid dienone is 11. The van der Waals surface area contributed by atoms with Crippen molar-refractivity contribution in [2.24, 2.45) is 0 Å². The highest BCUT2D eigenvalue weighted by molar-refractivity contribution is 7.47. The second-order valence-electron chi connectivity index (χ2n) is 25.8. The van der Waals surface area contributed by atoms with Gasteiger partial charge in [0.15, 0.2) is 0 Å². The maximum Gasteiger partial charge on any atom is 0.472 e. The van der Waals surface area contributed by atoms with Crippen LogP contribution in [0.15, 0.2) is 72.9 Å². The van der Waals surface area contributed by atoms with Crippen molar-refractivity contribution in [3.63, 3.8) is 0 Å². The maximum absolute atomic E-state index is 13.6. The highest BCUT2D eigenvalue weighted by atomic mass is 31.2. The van der Waals surface area contributed by atoms with Gasteiger partial charge in [0.2, 0.25) is 5.91 Å². The zero-order chi connectivity index (χ0) is 62.1. The Bertz CT molecular complexity index is 1680. The van der Waals surface area contributed by atoms with Gasteiger partial charge in [-0.15, -0.1) is 0 Å². The standard InChI is InChI=1S/C75H139N2O7P/c1-7-10-13-16-19-22-25-28-30-32-34-36-37-38-39-41-43-45-47-50-53-56-59-62-65-68-75(79)84-73(66-63-60-57-54-51-48-27-24-21-18-15-12-9-3)72(71-83-85(80,81)82-70-69-77(4,5)6)76-74(78)67-64-61-58-55-52-49-46-44-42-40-35-33-31-29-26-23-20-17-14-11-8-2/h19,22,28-31,34,36,38-39,63,66,72-73H,7-18,20-21,23-27,32-33,35,37,40-62,64-65,67-71H2,1-6H3,(H-,76,78,80,81)/p+1/b22-19-,30-28-,31-29+,36-34-,39-38-,66-63+. The van der Waals surface area contributed by atoms with Crippen LogP contribution in [0.4, 0.5) is 0 Å². The van der Waals surface area contributed by atoms with E-state index in [0.29, 0.717) is 17.4 Å². The first-order chi connectivity index (χ1) is 41.4. The third kappa shape index (κ3) is 65.7. The molecule has 85 heavy (non-hydrogen) atoms. The molecule has 2 N–H and O–H groups in total. The number of nitrogens with one attached hydrogen (secondary N) is 1. The Morgan fingerprint density at radius 3 is 1.11 bits per heavy atom. The van der Waals surface area contributed by atoms with Crippen molar-refractivity contribution in [1.29, 1.82) is 0 Å². The second-order valence-corrected chi connectivity index (χ2v) is 27.2. The van der Waals surface area contributed by atoms with E-state index >= 15 is 0 Å². The molecule has 0 aromatic carbocycles. The fourth-order valence-corrected chi connectivity index (χ4v) is 11.2. The number of carbonyl (C=O) groups excluding carboxylic acids is 2. The normalized spacial score (nSPS) is 13.9. The van der Waals surface area contributed by atoms with Crippen molar-refractivity contribution >= 4 is 19.7 Å². The lowest BCUT2D eigenvalue weighted by molar-refractivity contribution is -0.870. The number of nitrogens with zero attached hydrogens (tertiary/aromatic N) is 1. The van der Waals surface area contributed by atoms with Gasteiger partial charge in [-0.1, -0.05) is 299 Å². The van der Waals surface area contributed by atoms with Gasteiger partial charge >= 0.3 is 13.8 Å². The van der Waals surface area contributed by atoms with Crippen LogP contribution < -0.4 is 5.32 Å². The molecule has 0 aliphatic carbocycles. The maximum atomic E-state index is 13.6. The van der Waals surface area contributed by atoms with Crippen molar-refractivity contribution in [1.82, 2.24) is 5.32 Å². The lowest BCUT2D eigenvalue weighted by Crippen LogP contribution is -2.47. The summed E-state index contributed by atoms with van der Waals surface area (Å²) in [4.78, 5) is 37.9. The molecule has 3 atom stereocenters. The Labute approximate surface area is 527 Å². The number of likely N-dealkylation sites (N-methyl/N-ethyl adjacent to an activating group) is 1. The molecule has 0 aromatic rings. The average molecular weight is 1210 g/mol. The van der Waals surface area contributed by atoms with Crippen LogP contribution in [0.2, 0.25) is 0 Å². The molecule has 3 unspecified atom stereocenters. The first-order valence-corrected chi connectivity index (χ1v) is 37.8. The number of rotatable bonds is 66. The lowest BCUT2D eigenvalue weighted by Gasteiger charge is -2.27. The van der Waals surface area contributed by atoms with Crippen LogP contribution in [0, 0.1) is 0 Å². The fraction of sp³-hybridized carbons (Fsp3) is 0.813. The van der Waals surface area contributed by atoms with Gasteiger partial charge in [-0.2, -0.15) is 0 Å². The summed E-state index contributed by atoms with van der Waals surface area (Å²) in [6.07, 6.45) is 84.8. The van der Waals surface area contributed by atoms with Crippen molar-refractivity contribution in [2.45, 2.75) is 354 Å². The van der Waals surface area contributed by atoms with E-state index < -0.39 is 20.0 Å². The van der Waals surface area contributed by atoms with Crippen molar-refractivity contribution in [3.8, 4) is 0 Å². The van der Waals surface area contributed by atoms with E-state index in [1.54, 1.807) is 0 Å². The predicted octanol–water partition coefficient (Wildman–Crippen LogP) is 23.1. The molecule has 0 bridgehead atoms. The number of carbonyl (C=O) groups is 2. The molecular weight excluding hydrogens is 1070 g/mol. The Kier molecular flexibility index (Phi) is 62.5. The molecule has 10 heteroatoms. The summed E-state index contributed by atoms with van der Waals surface area (Å²) in [5.41, 5.74) is 0. The number of hydrogen-bond acceptors (Lipinski definition) is 6. The van der Waals surface area contributed by atoms with E-state index in [4.69, 9.17) is 13.8 Å². The lowest BCUT2D eigenvalue weighted by atomic mass is 10.0. The molecule has 0 aliphatic heterocycles. The topological polar surface area (TPSA) is 111 Å². The van der Waals surface area contributed by atoms with Crippen LogP contribution in [-0.4, -0.2) is 74.3 Å². The predicted molar refractivity (Wildman–Crippen MR) is 369 cm³/mol. The van der Waals surface area contributed by atoms with Crippen LogP contribution in [0.25, 0.3) is 0 Å². The summed E-state index contributed by atoms with van der Waals surface area (Å²) >= 11 is 0. The molecule has 0 aromatic heterocycles. The minimum atomic E-state index is -4.46. The van der Waals surface area contributed by atoms with E-state index in [9.17, 15) is 19.0 Å². The van der Waals surface area contributed by atoms with Gasteiger partial charge in [0, 0.05) is 12.8 Å². The molecule has 0 fully saturated rings. The van der Waals surface area contributed by atoms with Crippen LogP contribution in [0.1, 0.15) is 342 Å². The Morgan fingerprint density at radius 1 is 0.412 bits per heavy atom. The summed E-state index contributed by atoms with van der Waals surface area (Å²) < 4.78 is 30.9. The van der Waals surface area contributed by atoms with E-state index in [1.807, 2.05) is 33.3 Å². The third-order valence-corrected chi connectivity index (χ3v) is 17.1. The number of esters is 1. The molecule has 0 aliphatic rings. The number of hydrogen-bond donors (Lipinski definition) is 2. The van der Waals surface area contributed by atoms with Crippen LogP contribution >= 0.6 is 7.82 Å². The molecule has 9 nitrogen and oxygen atoms in total. The summed E-state index contributed by atoms with van der Waals surface area (Å²) in [5, 5.41) is 3.07. The Balaban J connectivity index is 5.11. The van der Waals surface area contributed by atoms with Gasteiger partial charge in [0.1, 0.15) is 19.3 Å². The first-order valence-electron chi connectivity index (χ1n) is 36.3. The summed E-state index contributed by atoms with van der Waals surface area (Å²) in [6.45, 7) is 7.02. The van der Waals surface area contributed by atoms with Crippen LogP contribution in [-0.2, 0) is 27.9 Å². The zero-order valence-electron chi connectivity index (χ0n) is 56.9. The smallest absolute Gasteiger partial charge is 0.456 e. The molecule has 0 rings (SSSR count). The third-order valence-electron chi connectivity index (χ3n) is 16.1. The molecule has 0 saturated carbocycles. The van der Waals surface area contributed by atoms with Gasteiger partial charge in [0.05, 0.1) is 33.8 Å². The van der Waals surface area contributed by atoms with Crippen molar-refractivity contribution in [2.75, 3.05) is 40.9 Å². The number of phosphoric ester groups is 1. The fourth-order valence-electron chi connectivity index (χ4n) is 10.5. The average Bonchev–Trinajstić information content (AvgIpc) is 3.48. The first kappa shape index (κ1) is 82.5.